The van der Waals surface area contributed by atoms with E-state index in [1.807, 2.05) is 13.1 Å². The van der Waals surface area contributed by atoms with E-state index in [2.05, 4.69) is 4.90 Å². The molecule has 1 atom stereocenters. The van der Waals surface area contributed by atoms with Crippen LogP contribution in [0.1, 0.15) is 80.9 Å². The van der Waals surface area contributed by atoms with E-state index >= 15 is 0 Å². The van der Waals surface area contributed by atoms with Crippen LogP contribution in [0, 0.1) is 5.82 Å². The third-order valence-electron chi connectivity index (χ3n) is 7.85. The molecule has 0 fully saturated rings. The molecule has 0 spiro atoms. The Bertz CT molecular complexity index is 1260. The summed E-state index contributed by atoms with van der Waals surface area (Å²) in [6, 6.07) is 9.89. The molecule has 2 aromatic carbocycles. The highest BCUT2D eigenvalue weighted by Crippen LogP contribution is 2.41. The predicted molar refractivity (Wildman–Crippen MR) is 159 cm³/mol. The number of phenolic OH excluding ortho intramolecular Hbond substituents is 2. The van der Waals surface area contributed by atoms with Gasteiger partial charge in [-0.15, -0.1) is 0 Å². The Balaban J connectivity index is 1.43. The van der Waals surface area contributed by atoms with Crippen molar-refractivity contribution in [3.8, 4) is 11.5 Å². The Kier molecular flexibility index (Phi) is 13.0. The zero-order valence-electron chi connectivity index (χ0n) is 24.5. The Hall–Kier alpha value is -2.53. The number of aryl methyl sites for hydroxylation is 1. The summed E-state index contributed by atoms with van der Waals surface area (Å²) in [4.78, 5) is 2.10. The summed E-state index contributed by atoms with van der Waals surface area (Å²) < 4.78 is 88.4. The maximum Gasteiger partial charge on any atom is 0.453 e. The van der Waals surface area contributed by atoms with E-state index in [1.54, 1.807) is 18.2 Å². The number of aromatic hydroxyl groups is 2. The highest BCUT2D eigenvalue weighted by Gasteiger charge is 2.56. The summed E-state index contributed by atoms with van der Waals surface area (Å²) in [6.07, 6.45) is 0.371. The van der Waals surface area contributed by atoms with Crippen molar-refractivity contribution in [3.63, 3.8) is 0 Å². The van der Waals surface area contributed by atoms with Crippen molar-refractivity contribution in [2.45, 2.75) is 82.7 Å². The van der Waals surface area contributed by atoms with Gasteiger partial charge in [0.1, 0.15) is 5.75 Å². The molecule has 0 radical (unpaired) electrons. The molecule has 2 aromatic rings. The van der Waals surface area contributed by atoms with Crippen LogP contribution in [0.15, 0.2) is 36.4 Å². The standard InChI is InChI=1S/C32H41F6NO3S/c1-39(18-8-20-43(42)19-7-16-31(34,35)32(36,37)38)17-5-3-2-4-10-28-26(24-12-15-29(33)30(41)22-24)11-6-9-23-21-25(40)13-14-27(23)28/h12-15,21-22,40-41H,2-11,16-20H2,1H3. The molecule has 1 unspecified atom stereocenters. The minimum Gasteiger partial charge on any atom is -0.508 e. The number of nitrogens with zero attached hydrogens (tertiary/aromatic N) is 1. The monoisotopic (exact) mass is 633 g/mol. The molecule has 0 heterocycles. The number of hydrogen-bond acceptors (Lipinski definition) is 4. The number of phenols is 2. The van der Waals surface area contributed by atoms with Crippen LogP contribution in [-0.2, 0) is 17.2 Å². The van der Waals surface area contributed by atoms with E-state index in [0.29, 0.717) is 13.0 Å². The molecule has 3 rings (SSSR count). The Morgan fingerprint density at radius 1 is 0.860 bits per heavy atom. The first-order valence-corrected chi connectivity index (χ1v) is 16.3. The molecule has 240 valence electrons. The lowest BCUT2D eigenvalue weighted by Gasteiger charge is -2.19. The van der Waals surface area contributed by atoms with E-state index in [0.717, 1.165) is 85.7 Å². The number of alkyl halides is 5. The average Bonchev–Trinajstić information content (AvgIpc) is 3.10. The van der Waals surface area contributed by atoms with Crippen molar-refractivity contribution in [3.05, 3.63) is 58.9 Å². The van der Waals surface area contributed by atoms with Gasteiger partial charge in [-0.3, -0.25) is 4.21 Å². The maximum atomic E-state index is 13.8. The Labute approximate surface area is 252 Å². The predicted octanol–water partition coefficient (Wildman–Crippen LogP) is 8.48. The average molecular weight is 634 g/mol. The molecule has 1 aliphatic carbocycles. The van der Waals surface area contributed by atoms with Crippen LogP contribution in [0.25, 0.3) is 11.1 Å². The molecule has 0 aromatic heterocycles. The highest BCUT2D eigenvalue weighted by atomic mass is 32.2. The summed E-state index contributed by atoms with van der Waals surface area (Å²) >= 11 is 0. The molecular weight excluding hydrogens is 592 g/mol. The molecule has 4 nitrogen and oxygen atoms in total. The summed E-state index contributed by atoms with van der Waals surface area (Å²) in [5.74, 6) is -5.45. The molecule has 43 heavy (non-hydrogen) atoms. The van der Waals surface area contributed by atoms with Crippen molar-refractivity contribution in [1.29, 1.82) is 0 Å². The number of allylic oxidation sites excluding steroid dienone is 2. The van der Waals surface area contributed by atoms with E-state index in [-0.39, 0.29) is 23.0 Å². The van der Waals surface area contributed by atoms with Crippen molar-refractivity contribution in [2.75, 3.05) is 31.6 Å². The van der Waals surface area contributed by atoms with Crippen LogP contribution < -0.4 is 0 Å². The number of rotatable bonds is 16. The van der Waals surface area contributed by atoms with Crippen LogP contribution in [0.4, 0.5) is 26.3 Å². The van der Waals surface area contributed by atoms with Gasteiger partial charge < -0.3 is 15.1 Å². The molecule has 1 aliphatic rings. The highest BCUT2D eigenvalue weighted by molar-refractivity contribution is 7.84. The van der Waals surface area contributed by atoms with Gasteiger partial charge in [-0.2, -0.15) is 22.0 Å². The summed E-state index contributed by atoms with van der Waals surface area (Å²) in [5, 5.41) is 20.0. The third kappa shape index (κ3) is 10.6. The number of unbranched alkanes of at least 4 members (excludes halogenated alkanes) is 3. The quantitative estimate of drug-likeness (QED) is 0.144. The number of benzene rings is 2. The zero-order valence-corrected chi connectivity index (χ0v) is 25.3. The topological polar surface area (TPSA) is 60.8 Å². The maximum absolute atomic E-state index is 13.8. The summed E-state index contributed by atoms with van der Waals surface area (Å²) in [5.41, 5.74) is 5.21. The van der Waals surface area contributed by atoms with Crippen molar-refractivity contribution < 1.29 is 40.8 Å². The molecule has 11 heteroatoms. The van der Waals surface area contributed by atoms with Crippen LogP contribution in [0.5, 0.6) is 11.5 Å². The van der Waals surface area contributed by atoms with Crippen LogP contribution >= 0.6 is 0 Å². The van der Waals surface area contributed by atoms with Gasteiger partial charge in [-0.05, 0) is 124 Å². The van der Waals surface area contributed by atoms with Gasteiger partial charge in [-0.25, -0.2) is 4.39 Å². The van der Waals surface area contributed by atoms with E-state index in [1.165, 1.54) is 12.1 Å². The van der Waals surface area contributed by atoms with E-state index in [9.17, 15) is 40.8 Å². The largest absolute Gasteiger partial charge is 0.508 e. The van der Waals surface area contributed by atoms with Crippen LogP contribution in [0.2, 0.25) is 0 Å². The summed E-state index contributed by atoms with van der Waals surface area (Å²) in [6.45, 7) is 1.49. The molecule has 0 saturated carbocycles. The lowest BCUT2D eigenvalue weighted by Crippen LogP contribution is -2.36. The van der Waals surface area contributed by atoms with E-state index < -0.39 is 41.6 Å². The van der Waals surface area contributed by atoms with Crippen LogP contribution in [0.3, 0.4) is 0 Å². The zero-order chi connectivity index (χ0) is 31.6. The first-order chi connectivity index (χ1) is 20.3. The number of halogens is 6. The minimum atomic E-state index is -5.57. The molecular formula is C32H41F6NO3S. The fourth-order valence-corrected chi connectivity index (χ4v) is 6.62. The van der Waals surface area contributed by atoms with Gasteiger partial charge >= 0.3 is 12.1 Å². The molecule has 0 aliphatic heterocycles. The van der Waals surface area contributed by atoms with Gasteiger partial charge in [0.05, 0.1) is 0 Å². The summed E-state index contributed by atoms with van der Waals surface area (Å²) in [7, 11) is 0.518. The smallest absolute Gasteiger partial charge is 0.453 e. The van der Waals surface area contributed by atoms with Crippen molar-refractivity contribution in [1.82, 2.24) is 4.90 Å². The lowest BCUT2D eigenvalue weighted by molar-refractivity contribution is -0.284. The Morgan fingerprint density at radius 3 is 2.28 bits per heavy atom. The first kappa shape index (κ1) is 35.0. The molecule has 0 saturated heterocycles. The second kappa shape index (κ2) is 16.0. The number of fused-ring (bicyclic) bond motifs is 1. The SMILES string of the molecule is CN(CCCCCCC1=C(c2ccc(F)c(O)c2)CCCc2cc(O)ccc21)CCCS(=O)CCCC(F)(F)C(F)(F)F. The second-order valence-corrected chi connectivity index (χ2v) is 13.0. The fourth-order valence-electron chi connectivity index (χ4n) is 5.50. The van der Waals surface area contributed by atoms with Crippen LogP contribution in [-0.4, -0.2) is 63.1 Å². The van der Waals surface area contributed by atoms with E-state index in [4.69, 9.17) is 0 Å². The third-order valence-corrected chi connectivity index (χ3v) is 9.34. The van der Waals surface area contributed by atoms with Gasteiger partial charge in [0.15, 0.2) is 11.6 Å². The second-order valence-electron chi connectivity index (χ2n) is 11.3. The van der Waals surface area contributed by atoms with Crippen molar-refractivity contribution in [2.24, 2.45) is 0 Å². The van der Waals surface area contributed by atoms with Gasteiger partial charge in [0.25, 0.3) is 0 Å². The van der Waals surface area contributed by atoms with Gasteiger partial charge in [0.2, 0.25) is 0 Å². The molecule has 0 bridgehead atoms. The van der Waals surface area contributed by atoms with Gasteiger partial charge in [-0.1, -0.05) is 25.0 Å². The molecule has 2 N–H and O–H groups in total. The normalized spacial score (nSPS) is 15.1. The first-order valence-electron chi connectivity index (χ1n) is 14.8. The fraction of sp³-hybridized carbons (Fsp3) is 0.562. The number of hydrogen-bond donors (Lipinski definition) is 2. The molecule has 0 amide bonds. The van der Waals surface area contributed by atoms with Crippen molar-refractivity contribution >= 4 is 21.9 Å². The van der Waals surface area contributed by atoms with Gasteiger partial charge in [0, 0.05) is 28.7 Å². The minimum absolute atomic E-state index is 0.165. The lowest BCUT2D eigenvalue weighted by atomic mass is 9.89. The Morgan fingerprint density at radius 2 is 1.56 bits per heavy atom.